The molecule has 1 aromatic carbocycles. The fourth-order valence-electron chi connectivity index (χ4n) is 2.37. The van der Waals surface area contributed by atoms with Gasteiger partial charge in [0.2, 0.25) is 5.88 Å². The minimum absolute atomic E-state index is 0.284. The van der Waals surface area contributed by atoms with E-state index in [4.69, 9.17) is 10.5 Å². The van der Waals surface area contributed by atoms with Gasteiger partial charge in [0, 0.05) is 16.7 Å². The van der Waals surface area contributed by atoms with E-state index in [9.17, 15) is 4.39 Å². The molecule has 0 saturated carbocycles. The molecule has 4 aromatic rings. The van der Waals surface area contributed by atoms with E-state index in [-0.39, 0.29) is 5.82 Å². The first-order chi connectivity index (χ1) is 13.1. The van der Waals surface area contributed by atoms with Crippen LogP contribution in [0.1, 0.15) is 0 Å². The van der Waals surface area contributed by atoms with Gasteiger partial charge >= 0.3 is 0 Å². The normalized spacial score (nSPS) is 10.9. The van der Waals surface area contributed by atoms with E-state index in [1.807, 2.05) is 6.07 Å². The van der Waals surface area contributed by atoms with Gasteiger partial charge in [-0.1, -0.05) is 0 Å². The van der Waals surface area contributed by atoms with Crippen LogP contribution in [-0.2, 0) is 0 Å². The number of nitrogens with one attached hydrogen (secondary N) is 1. The number of benzene rings is 1. The van der Waals surface area contributed by atoms with Crippen LogP contribution in [0.4, 0.5) is 15.9 Å². The van der Waals surface area contributed by atoms with Crippen molar-refractivity contribution < 1.29 is 9.13 Å². The molecule has 3 N–H and O–H groups in total. The number of nitrogens with two attached hydrogens (primary N) is 1. The third-order valence-corrected chi connectivity index (χ3v) is 4.52. The van der Waals surface area contributed by atoms with E-state index in [0.29, 0.717) is 28.9 Å². The van der Waals surface area contributed by atoms with Crippen LogP contribution in [0.25, 0.3) is 17.0 Å². The molecule has 4 rings (SSSR count). The number of anilines is 2. The summed E-state index contributed by atoms with van der Waals surface area (Å²) in [6.45, 7) is 0. The Kier molecular flexibility index (Phi) is 4.47. The maximum absolute atomic E-state index is 13.0. The average molecular weight is 383 g/mol. The Balaban J connectivity index is 1.64. The predicted octanol–water partition coefficient (Wildman–Crippen LogP) is 3.04. The van der Waals surface area contributed by atoms with Crippen molar-refractivity contribution in [2.75, 3.05) is 17.6 Å². The summed E-state index contributed by atoms with van der Waals surface area (Å²) >= 11 is 1.31. The molecular weight excluding hydrogens is 369 g/mol. The largest absolute Gasteiger partial charge is 0.480 e. The number of ether oxygens (including phenoxy) is 1. The van der Waals surface area contributed by atoms with Crippen molar-refractivity contribution in [2.45, 2.75) is 4.90 Å². The molecule has 0 amide bonds. The van der Waals surface area contributed by atoms with Crippen LogP contribution in [0.5, 0.6) is 5.88 Å². The van der Waals surface area contributed by atoms with Gasteiger partial charge in [-0.25, -0.2) is 19.3 Å². The van der Waals surface area contributed by atoms with Crippen LogP contribution in [0.15, 0.2) is 53.8 Å². The van der Waals surface area contributed by atoms with Crippen molar-refractivity contribution in [3.8, 4) is 17.1 Å². The molecule has 10 heteroatoms. The van der Waals surface area contributed by atoms with Gasteiger partial charge in [-0.15, -0.1) is 0 Å². The number of imidazole rings is 1. The summed E-state index contributed by atoms with van der Waals surface area (Å²) in [6.07, 6.45) is 4.73. The SMILES string of the molecule is COc1ncc(-c2cnc3ncc(N)n3n2)cc1NSc1ccc(F)cc1. The molecule has 0 spiro atoms. The van der Waals surface area contributed by atoms with Crippen molar-refractivity contribution in [3.05, 3.63) is 54.7 Å². The molecule has 0 saturated heterocycles. The summed E-state index contributed by atoms with van der Waals surface area (Å²) in [4.78, 5) is 13.4. The third kappa shape index (κ3) is 3.47. The lowest BCUT2D eigenvalue weighted by Gasteiger charge is -2.11. The Morgan fingerprint density at radius 1 is 1.11 bits per heavy atom. The number of hydrogen-bond acceptors (Lipinski definition) is 8. The fourth-order valence-corrected chi connectivity index (χ4v) is 3.01. The van der Waals surface area contributed by atoms with Crippen molar-refractivity contribution in [2.24, 2.45) is 0 Å². The van der Waals surface area contributed by atoms with Crippen LogP contribution in [0.2, 0.25) is 0 Å². The average Bonchev–Trinajstić information content (AvgIpc) is 3.07. The topological polar surface area (TPSA) is 103 Å². The summed E-state index contributed by atoms with van der Waals surface area (Å²) in [7, 11) is 1.54. The summed E-state index contributed by atoms with van der Waals surface area (Å²) in [5, 5.41) is 4.44. The Hall–Kier alpha value is -3.40. The molecule has 0 unspecified atom stereocenters. The summed E-state index contributed by atoms with van der Waals surface area (Å²) in [6, 6.07) is 7.99. The van der Waals surface area contributed by atoms with Gasteiger partial charge in [-0.2, -0.15) is 9.61 Å². The maximum Gasteiger partial charge on any atom is 0.252 e. The predicted molar refractivity (Wildman–Crippen MR) is 101 cm³/mol. The van der Waals surface area contributed by atoms with E-state index >= 15 is 0 Å². The van der Waals surface area contributed by atoms with Gasteiger partial charge in [0.15, 0.2) is 0 Å². The highest BCUT2D eigenvalue weighted by atomic mass is 32.2. The minimum Gasteiger partial charge on any atom is -0.480 e. The fraction of sp³-hybridized carbons (Fsp3) is 0.0588. The second-order valence-electron chi connectivity index (χ2n) is 5.48. The van der Waals surface area contributed by atoms with E-state index in [0.717, 1.165) is 10.5 Å². The van der Waals surface area contributed by atoms with Crippen LogP contribution in [0, 0.1) is 5.82 Å². The highest BCUT2D eigenvalue weighted by Gasteiger charge is 2.11. The zero-order valence-corrected chi connectivity index (χ0v) is 14.9. The lowest BCUT2D eigenvalue weighted by Crippen LogP contribution is -2.02. The van der Waals surface area contributed by atoms with Crippen LogP contribution in [-0.4, -0.2) is 31.7 Å². The molecule has 27 heavy (non-hydrogen) atoms. The Morgan fingerprint density at radius 3 is 2.67 bits per heavy atom. The van der Waals surface area contributed by atoms with Crippen molar-refractivity contribution in [3.63, 3.8) is 0 Å². The van der Waals surface area contributed by atoms with Gasteiger partial charge in [0.05, 0.1) is 19.5 Å². The third-order valence-electron chi connectivity index (χ3n) is 3.69. The minimum atomic E-state index is -0.284. The molecule has 0 radical (unpaired) electrons. The molecule has 8 nitrogen and oxygen atoms in total. The monoisotopic (exact) mass is 383 g/mol. The van der Waals surface area contributed by atoms with E-state index < -0.39 is 0 Å². The standard InChI is InChI=1S/C17H14FN7OS/c1-26-16-13(24-27-12-4-2-11(18)3-5-12)6-10(7-20-16)14-8-21-17-22-9-15(19)25(17)23-14/h2-9,24H,19H2,1H3. The summed E-state index contributed by atoms with van der Waals surface area (Å²) in [5.41, 5.74) is 7.79. The first-order valence-corrected chi connectivity index (χ1v) is 8.65. The van der Waals surface area contributed by atoms with Gasteiger partial charge < -0.3 is 15.2 Å². The van der Waals surface area contributed by atoms with E-state index in [1.165, 1.54) is 41.9 Å². The number of nitrogen functional groups attached to an aromatic ring is 1. The van der Waals surface area contributed by atoms with Crippen molar-refractivity contribution in [1.82, 2.24) is 24.6 Å². The molecule has 3 aromatic heterocycles. The van der Waals surface area contributed by atoms with Crippen LogP contribution >= 0.6 is 11.9 Å². The molecule has 136 valence electrons. The van der Waals surface area contributed by atoms with Crippen LogP contribution < -0.4 is 15.2 Å². The number of aromatic nitrogens is 5. The van der Waals surface area contributed by atoms with Crippen molar-refractivity contribution in [1.29, 1.82) is 0 Å². The number of rotatable bonds is 5. The van der Waals surface area contributed by atoms with Gasteiger partial charge in [-0.3, -0.25) is 0 Å². The molecule has 0 atom stereocenters. The quantitative estimate of drug-likeness (QED) is 0.507. The number of pyridine rings is 1. The van der Waals surface area contributed by atoms with E-state index in [1.54, 1.807) is 24.5 Å². The second-order valence-corrected chi connectivity index (χ2v) is 6.36. The number of nitrogens with zero attached hydrogens (tertiary/aromatic N) is 5. The molecule has 0 aliphatic carbocycles. The van der Waals surface area contributed by atoms with Gasteiger partial charge in [0.25, 0.3) is 5.78 Å². The number of hydrogen-bond donors (Lipinski definition) is 2. The summed E-state index contributed by atoms with van der Waals surface area (Å²) < 4.78 is 23.0. The zero-order valence-electron chi connectivity index (χ0n) is 14.1. The van der Waals surface area contributed by atoms with Gasteiger partial charge in [-0.05, 0) is 42.3 Å². The van der Waals surface area contributed by atoms with Crippen molar-refractivity contribution >= 4 is 29.2 Å². The molecule has 0 fully saturated rings. The first kappa shape index (κ1) is 17.0. The number of halogens is 1. The molecular formula is C17H14FN7OS. The molecule has 0 aliphatic rings. The maximum atomic E-state index is 13.0. The lowest BCUT2D eigenvalue weighted by atomic mass is 10.2. The lowest BCUT2D eigenvalue weighted by molar-refractivity contribution is 0.400. The molecule has 0 bridgehead atoms. The zero-order chi connectivity index (χ0) is 18.8. The Bertz CT molecular complexity index is 1100. The first-order valence-electron chi connectivity index (χ1n) is 7.83. The highest BCUT2D eigenvalue weighted by Crippen LogP contribution is 2.31. The second kappa shape index (κ2) is 7.08. The number of methoxy groups -OCH3 is 1. The highest BCUT2D eigenvalue weighted by molar-refractivity contribution is 8.00. The molecule has 3 heterocycles. The van der Waals surface area contributed by atoms with E-state index in [2.05, 4.69) is 24.8 Å². The smallest absolute Gasteiger partial charge is 0.252 e. The van der Waals surface area contributed by atoms with Gasteiger partial charge in [0.1, 0.15) is 23.0 Å². The Morgan fingerprint density at radius 2 is 1.89 bits per heavy atom. The number of fused-ring (bicyclic) bond motifs is 1. The molecule has 0 aliphatic heterocycles. The van der Waals surface area contributed by atoms with Crippen LogP contribution in [0.3, 0.4) is 0 Å². The summed E-state index contributed by atoms with van der Waals surface area (Å²) in [5.74, 6) is 0.951. The Labute approximate surface area is 157 Å².